The number of ether oxygens (including phenoxy) is 2. The highest BCUT2D eigenvalue weighted by Gasteiger charge is 2.20. The maximum atomic E-state index is 12.8. The van der Waals surface area contributed by atoms with Gasteiger partial charge in [0.05, 0.1) is 34.4 Å². The number of carbonyl (C=O) groups is 1. The average Bonchev–Trinajstić information content (AvgIpc) is 3.25. The Morgan fingerprint density at radius 3 is 1.03 bits per heavy atom. The number of nitrogens with zero attached hydrogens (tertiary/aromatic N) is 1. The summed E-state index contributed by atoms with van der Waals surface area (Å²) in [5.74, 6) is -0.323. The van der Waals surface area contributed by atoms with Crippen molar-refractivity contribution in [1.29, 1.82) is 0 Å². The van der Waals surface area contributed by atoms with Crippen LogP contribution in [-0.2, 0) is 27.9 Å². The van der Waals surface area contributed by atoms with E-state index in [1.54, 1.807) is 0 Å². The Labute approximate surface area is 399 Å². The molecule has 0 aliphatic heterocycles. The van der Waals surface area contributed by atoms with Gasteiger partial charge in [0, 0.05) is 13.0 Å². The molecule has 0 saturated carbocycles. The summed E-state index contributed by atoms with van der Waals surface area (Å²) in [5, 5.41) is 0. The largest absolute Gasteiger partial charge is 0.756 e. The van der Waals surface area contributed by atoms with Gasteiger partial charge < -0.3 is 27.9 Å². The molecule has 1 unspecified atom stereocenters. The van der Waals surface area contributed by atoms with Crippen LogP contribution in [0.5, 0.6) is 0 Å². The zero-order chi connectivity index (χ0) is 46.9. The van der Waals surface area contributed by atoms with Crippen LogP contribution in [0.3, 0.4) is 0 Å². The SMILES string of the molecule is CCCCCCCCCCCCCCCCCCCCCCCCCCC(=O)O[C@H](COCCCCCCCCCCCCCCCCCCCC)COP(=O)([O-])OCC[N+](C)(C)C. The number of phosphoric ester groups is 1. The molecule has 9 heteroatoms. The van der Waals surface area contributed by atoms with E-state index in [1.807, 2.05) is 21.1 Å². The summed E-state index contributed by atoms with van der Waals surface area (Å²) in [6.45, 7) is 5.51. The van der Waals surface area contributed by atoms with E-state index in [1.165, 1.54) is 238 Å². The third kappa shape index (κ3) is 52.5. The van der Waals surface area contributed by atoms with E-state index in [9.17, 15) is 14.3 Å². The molecule has 0 heterocycles. The Morgan fingerprint density at radius 1 is 0.422 bits per heavy atom. The fourth-order valence-corrected chi connectivity index (χ4v) is 9.28. The van der Waals surface area contributed by atoms with Crippen molar-refractivity contribution in [2.45, 2.75) is 296 Å². The molecule has 0 spiro atoms. The summed E-state index contributed by atoms with van der Waals surface area (Å²) in [6, 6.07) is 0. The van der Waals surface area contributed by atoms with E-state index < -0.39 is 13.9 Å². The summed E-state index contributed by atoms with van der Waals surface area (Å²) in [6.07, 6.45) is 55.7. The molecule has 0 rings (SSSR count). The molecular formula is C55H112NO7P. The van der Waals surface area contributed by atoms with Gasteiger partial charge in [-0.05, 0) is 12.8 Å². The maximum Gasteiger partial charge on any atom is 0.306 e. The highest BCUT2D eigenvalue weighted by molar-refractivity contribution is 7.45. The molecule has 0 aliphatic carbocycles. The van der Waals surface area contributed by atoms with Crippen molar-refractivity contribution in [3.63, 3.8) is 0 Å². The summed E-state index contributed by atoms with van der Waals surface area (Å²) >= 11 is 0. The highest BCUT2D eigenvalue weighted by Crippen LogP contribution is 2.38. The predicted octanol–water partition coefficient (Wildman–Crippen LogP) is 16.9. The summed E-state index contributed by atoms with van der Waals surface area (Å²) in [5.41, 5.74) is 0. The van der Waals surface area contributed by atoms with E-state index in [0.29, 0.717) is 24.1 Å². The van der Waals surface area contributed by atoms with Gasteiger partial charge in [-0.3, -0.25) is 9.36 Å². The lowest BCUT2D eigenvalue weighted by atomic mass is 10.0. The van der Waals surface area contributed by atoms with E-state index in [2.05, 4.69) is 13.8 Å². The number of unbranched alkanes of at least 4 members (excludes halogenated alkanes) is 40. The Hall–Kier alpha value is -0.500. The van der Waals surface area contributed by atoms with Gasteiger partial charge in [0.1, 0.15) is 19.3 Å². The van der Waals surface area contributed by atoms with Crippen molar-refractivity contribution in [2.24, 2.45) is 0 Å². The van der Waals surface area contributed by atoms with Crippen LogP contribution in [0.25, 0.3) is 0 Å². The normalized spacial score (nSPS) is 13.4. The summed E-state index contributed by atoms with van der Waals surface area (Å²) in [4.78, 5) is 25.2. The van der Waals surface area contributed by atoms with Crippen molar-refractivity contribution in [2.75, 3.05) is 54.1 Å². The van der Waals surface area contributed by atoms with Gasteiger partial charge in [0.15, 0.2) is 0 Å². The predicted molar refractivity (Wildman–Crippen MR) is 273 cm³/mol. The first kappa shape index (κ1) is 63.5. The minimum absolute atomic E-state index is 0.0319. The fraction of sp³-hybridized carbons (Fsp3) is 0.982. The summed E-state index contributed by atoms with van der Waals surface area (Å²) in [7, 11) is 1.38. The molecule has 384 valence electrons. The van der Waals surface area contributed by atoms with Crippen LogP contribution in [-0.4, -0.2) is 70.7 Å². The van der Waals surface area contributed by atoms with E-state index >= 15 is 0 Å². The van der Waals surface area contributed by atoms with Crippen molar-refractivity contribution >= 4 is 13.8 Å². The molecule has 0 aromatic carbocycles. The monoisotopic (exact) mass is 930 g/mol. The van der Waals surface area contributed by atoms with Crippen molar-refractivity contribution < 1.29 is 37.3 Å². The molecule has 64 heavy (non-hydrogen) atoms. The van der Waals surface area contributed by atoms with Crippen LogP contribution in [0.2, 0.25) is 0 Å². The number of rotatable bonds is 54. The van der Waals surface area contributed by atoms with Gasteiger partial charge in [0.25, 0.3) is 7.82 Å². The quantitative estimate of drug-likeness (QED) is 0.0259. The average molecular weight is 930 g/mol. The second-order valence-electron chi connectivity index (χ2n) is 20.7. The fourth-order valence-electron chi connectivity index (χ4n) is 8.55. The molecule has 0 aromatic rings. The first-order valence-electron chi connectivity index (χ1n) is 28.3. The Balaban J connectivity index is 4.01. The zero-order valence-corrected chi connectivity index (χ0v) is 44.7. The van der Waals surface area contributed by atoms with Crippen LogP contribution >= 0.6 is 7.82 Å². The van der Waals surface area contributed by atoms with Crippen LogP contribution in [0.1, 0.15) is 290 Å². The highest BCUT2D eigenvalue weighted by atomic mass is 31.2. The van der Waals surface area contributed by atoms with Crippen LogP contribution in [0.15, 0.2) is 0 Å². The lowest BCUT2D eigenvalue weighted by Gasteiger charge is -2.28. The minimum atomic E-state index is -4.52. The molecule has 0 aliphatic rings. The van der Waals surface area contributed by atoms with E-state index in [-0.39, 0.29) is 25.8 Å². The molecule has 0 bridgehead atoms. The molecule has 0 fully saturated rings. The Bertz CT molecular complexity index is 992. The molecule has 0 aromatic heterocycles. The minimum Gasteiger partial charge on any atom is -0.756 e. The smallest absolute Gasteiger partial charge is 0.306 e. The van der Waals surface area contributed by atoms with E-state index in [4.69, 9.17) is 18.5 Å². The molecule has 8 nitrogen and oxygen atoms in total. The van der Waals surface area contributed by atoms with Crippen molar-refractivity contribution in [1.82, 2.24) is 0 Å². The van der Waals surface area contributed by atoms with Crippen LogP contribution in [0.4, 0.5) is 0 Å². The Kier molecular flexibility index (Phi) is 48.6. The summed E-state index contributed by atoms with van der Waals surface area (Å²) < 4.78 is 34.8. The number of likely N-dealkylation sites (N-methyl/N-ethyl adjacent to an activating group) is 1. The Morgan fingerprint density at radius 2 is 0.719 bits per heavy atom. The maximum absolute atomic E-state index is 12.8. The molecular weight excluding hydrogens is 818 g/mol. The second kappa shape index (κ2) is 48.9. The molecule has 0 saturated heterocycles. The van der Waals surface area contributed by atoms with Gasteiger partial charge in [-0.2, -0.15) is 0 Å². The van der Waals surface area contributed by atoms with Gasteiger partial charge >= 0.3 is 5.97 Å². The van der Waals surface area contributed by atoms with Gasteiger partial charge in [0.2, 0.25) is 0 Å². The molecule has 0 radical (unpaired) electrons. The number of phosphoric acid groups is 1. The number of hydrogen-bond acceptors (Lipinski definition) is 7. The third-order valence-electron chi connectivity index (χ3n) is 12.9. The first-order valence-corrected chi connectivity index (χ1v) is 29.7. The lowest BCUT2D eigenvalue weighted by Crippen LogP contribution is -2.37. The van der Waals surface area contributed by atoms with E-state index in [0.717, 1.165) is 32.1 Å². The lowest BCUT2D eigenvalue weighted by molar-refractivity contribution is -0.870. The zero-order valence-electron chi connectivity index (χ0n) is 43.8. The third-order valence-corrected chi connectivity index (χ3v) is 13.9. The second-order valence-corrected chi connectivity index (χ2v) is 22.1. The van der Waals surface area contributed by atoms with Crippen molar-refractivity contribution in [3.05, 3.63) is 0 Å². The number of quaternary nitrogens is 1. The van der Waals surface area contributed by atoms with Gasteiger partial charge in [-0.15, -0.1) is 0 Å². The van der Waals surface area contributed by atoms with Gasteiger partial charge in [-0.25, -0.2) is 0 Å². The van der Waals surface area contributed by atoms with Crippen LogP contribution < -0.4 is 4.89 Å². The number of carbonyl (C=O) groups excluding carboxylic acids is 1. The first-order chi connectivity index (χ1) is 31.1. The topological polar surface area (TPSA) is 94.1 Å². The number of hydrogen-bond donors (Lipinski definition) is 0. The molecule has 0 amide bonds. The standard InChI is InChI=1S/C55H112NO7P/c1-6-8-10-12-14-16-18-20-22-24-26-27-28-29-30-31-32-34-36-38-40-42-44-46-48-55(57)63-54(53-62-64(58,59)61-51-49-56(3,4)5)52-60-50-47-45-43-41-39-37-35-33-25-23-21-19-17-15-13-11-9-7-2/h54H,6-53H2,1-5H3/t54-/m1/s1. The number of esters is 1. The van der Waals surface area contributed by atoms with Crippen molar-refractivity contribution in [3.8, 4) is 0 Å². The van der Waals surface area contributed by atoms with Crippen LogP contribution in [0, 0.1) is 0 Å². The van der Waals surface area contributed by atoms with Gasteiger partial charge in [-0.1, -0.05) is 271 Å². The molecule has 2 atom stereocenters. The molecule has 0 N–H and O–H groups in total.